The summed E-state index contributed by atoms with van der Waals surface area (Å²) in [5.74, 6) is -1.89. The molecule has 1 rings (SSSR count). The van der Waals surface area contributed by atoms with Gasteiger partial charge in [0, 0.05) is 12.0 Å². The van der Waals surface area contributed by atoms with E-state index in [1.54, 1.807) is 0 Å². The van der Waals surface area contributed by atoms with Crippen LogP contribution in [0.25, 0.3) is 0 Å². The van der Waals surface area contributed by atoms with Crippen LogP contribution in [-0.4, -0.2) is 35.5 Å². The number of hydrogen-bond donors (Lipinski definition) is 2. The summed E-state index contributed by atoms with van der Waals surface area (Å²) in [7, 11) is 1.24. The minimum absolute atomic E-state index is 0.000687. The first-order chi connectivity index (χ1) is 9.01. The van der Waals surface area contributed by atoms with Gasteiger partial charge in [0.1, 0.15) is 6.29 Å². The van der Waals surface area contributed by atoms with Crippen molar-refractivity contribution in [1.82, 2.24) is 0 Å². The summed E-state index contributed by atoms with van der Waals surface area (Å²) in [6.45, 7) is 0. The third-order valence-electron chi connectivity index (χ3n) is 2.71. The maximum atomic E-state index is 11.1. The molecule has 1 aromatic rings. The number of ether oxygens (including phenoxy) is 1. The predicted octanol–water partition coefficient (Wildman–Crippen LogP) is 0.723. The van der Waals surface area contributed by atoms with Crippen molar-refractivity contribution in [3.63, 3.8) is 0 Å². The molecule has 0 spiro atoms. The summed E-state index contributed by atoms with van der Waals surface area (Å²) in [6.07, 6.45) is -1.04. The summed E-state index contributed by atoms with van der Waals surface area (Å²) in [5, 5.41) is 18.4. The summed E-state index contributed by atoms with van der Waals surface area (Å²) >= 11 is 0. The van der Waals surface area contributed by atoms with Crippen molar-refractivity contribution in [3.05, 3.63) is 34.9 Å². The monoisotopic (exact) mass is 266 g/mol. The van der Waals surface area contributed by atoms with Gasteiger partial charge in [-0.25, -0.2) is 4.79 Å². The molecule has 6 nitrogen and oxygen atoms in total. The molecular weight excluding hydrogens is 252 g/mol. The fourth-order valence-electron chi connectivity index (χ4n) is 1.74. The first-order valence-electron chi connectivity index (χ1n) is 5.56. The third kappa shape index (κ3) is 3.62. The molecule has 0 amide bonds. The van der Waals surface area contributed by atoms with Gasteiger partial charge in [-0.1, -0.05) is 18.2 Å². The molecule has 0 radical (unpaired) electrons. The van der Waals surface area contributed by atoms with E-state index in [-0.39, 0.29) is 24.0 Å². The lowest BCUT2D eigenvalue weighted by atomic mass is 9.94. The van der Waals surface area contributed by atoms with Crippen molar-refractivity contribution in [3.8, 4) is 0 Å². The van der Waals surface area contributed by atoms with Crippen molar-refractivity contribution >= 4 is 18.2 Å². The smallest absolute Gasteiger partial charge is 0.337 e. The Morgan fingerprint density at radius 1 is 1.42 bits per heavy atom. The van der Waals surface area contributed by atoms with Gasteiger partial charge in [0.05, 0.1) is 7.11 Å². The van der Waals surface area contributed by atoms with E-state index < -0.39 is 18.0 Å². The summed E-state index contributed by atoms with van der Waals surface area (Å²) < 4.78 is 4.49. The normalized spacial score (nSPS) is 11.7. The standard InChI is InChI=1S/C13H14O6/c1-19-11(15)6-5-9-8(7-14)3-2-4-10(9)12(16)13(17)18/h2-4,7,12,16H,5-6H2,1H3,(H,17,18). The first kappa shape index (κ1) is 14.8. The highest BCUT2D eigenvalue weighted by atomic mass is 16.5. The minimum Gasteiger partial charge on any atom is -0.479 e. The van der Waals surface area contributed by atoms with Crippen LogP contribution in [0, 0.1) is 0 Å². The summed E-state index contributed by atoms with van der Waals surface area (Å²) in [4.78, 5) is 32.9. The van der Waals surface area contributed by atoms with Gasteiger partial charge in [0.25, 0.3) is 0 Å². The van der Waals surface area contributed by atoms with Gasteiger partial charge in [-0.15, -0.1) is 0 Å². The van der Waals surface area contributed by atoms with Gasteiger partial charge < -0.3 is 14.9 Å². The predicted molar refractivity (Wildman–Crippen MR) is 64.8 cm³/mol. The van der Waals surface area contributed by atoms with Gasteiger partial charge in [0.15, 0.2) is 6.10 Å². The Hall–Kier alpha value is -2.21. The van der Waals surface area contributed by atoms with Crippen LogP contribution in [-0.2, 0) is 20.7 Å². The molecular formula is C13H14O6. The topological polar surface area (TPSA) is 101 Å². The fraction of sp³-hybridized carbons (Fsp3) is 0.308. The van der Waals surface area contributed by atoms with Crippen LogP contribution >= 0.6 is 0 Å². The Morgan fingerprint density at radius 2 is 2.11 bits per heavy atom. The zero-order valence-corrected chi connectivity index (χ0v) is 10.3. The molecule has 0 bridgehead atoms. The molecule has 102 valence electrons. The number of benzene rings is 1. The number of aliphatic carboxylic acids is 1. The Bertz CT molecular complexity index is 494. The Labute approximate surface area is 109 Å². The number of aliphatic hydroxyl groups is 1. The molecule has 0 saturated carbocycles. The van der Waals surface area contributed by atoms with Crippen LogP contribution in [0.4, 0.5) is 0 Å². The van der Waals surface area contributed by atoms with E-state index in [0.717, 1.165) is 0 Å². The Morgan fingerprint density at radius 3 is 2.63 bits per heavy atom. The molecule has 0 aromatic heterocycles. The van der Waals surface area contributed by atoms with E-state index in [9.17, 15) is 19.5 Å². The highest BCUT2D eigenvalue weighted by Gasteiger charge is 2.21. The van der Waals surface area contributed by atoms with Gasteiger partial charge in [-0.2, -0.15) is 0 Å². The third-order valence-corrected chi connectivity index (χ3v) is 2.71. The summed E-state index contributed by atoms with van der Waals surface area (Å²) in [5.41, 5.74) is 0.709. The van der Waals surface area contributed by atoms with E-state index in [0.29, 0.717) is 11.8 Å². The van der Waals surface area contributed by atoms with Crippen molar-refractivity contribution in [1.29, 1.82) is 0 Å². The highest BCUT2D eigenvalue weighted by molar-refractivity contribution is 5.81. The van der Waals surface area contributed by atoms with Crippen LogP contribution in [0.1, 0.15) is 34.0 Å². The van der Waals surface area contributed by atoms with E-state index in [2.05, 4.69) is 4.74 Å². The zero-order valence-electron chi connectivity index (χ0n) is 10.3. The number of hydrogen-bond acceptors (Lipinski definition) is 5. The van der Waals surface area contributed by atoms with E-state index in [1.165, 1.54) is 25.3 Å². The van der Waals surface area contributed by atoms with Gasteiger partial charge in [-0.05, 0) is 17.5 Å². The van der Waals surface area contributed by atoms with Gasteiger partial charge in [0.2, 0.25) is 0 Å². The Kier molecular flexibility index (Phi) is 5.20. The molecule has 0 aliphatic rings. The van der Waals surface area contributed by atoms with Crippen molar-refractivity contribution in [2.45, 2.75) is 18.9 Å². The van der Waals surface area contributed by atoms with Crippen molar-refractivity contribution in [2.75, 3.05) is 7.11 Å². The highest BCUT2D eigenvalue weighted by Crippen LogP contribution is 2.22. The van der Waals surface area contributed by atoms with Crippen LogP contribution in [0.3, 0.4) is 0 Å². The second kappa shape index (κ2) is 6.65. The second-order valence-corrected chi connectivity index (χ2v) is 3.85. The lowest BCUT2D eigenvalue weighted by Gasteiger charge is -2.14. The molecule has 1 unspecified atom stereocenters. The van der Waals surface area contributed by atoms with E-state index in [1.807, 2.05) is 0 Å². The fourth-order valence-corrected chi connectivity index (χ4v) is 1.74. The lowest BCUT2D eigenvalue weighted by Crippen LogP contribution is -2.15. The molecule has 6 heteroatoms. The van der Waals surface area contributed by atoms with Crippen LogP contribution in [0.2, 0.25) is 0 Å². The molecule has 0 fully saturated rings. The molecule has 1 atom stereocenters. The molecule has 19 heavy (non-hydrogen) atoms. The van der Waals surface area contributed by atoms with E-state index >= 15 is 0 Å². The number of aldehydes is 1. The van der Waals surface area contributed by atoms with Crippen LogP contribution in [0.15, 0.2) is 18.2 Å². The SMILES string of the molecule is COC(=O)CCc1c(C=O)cccc1C(O)C(=O)O. The molecule has 2 N–H and O–H groups in total. The maximum absolute atomic E-state index is 11.1. The number of methoxy groups -OCH3 is 1. The lowest BCUT2D eigenvalue weighted by molar-refractivity contribution is -0.147. The molecule has 0 saturated heterocycles. The number of carboxylic acids is 1. The largest absolute Gasteiger partial charge is 0.479 e. The van der Waals surface area contributed by atoms with Crippen molar-refractivity contribution < 1.29 is 29.3 Å². The molecule has 1 aromatic carbocycles. The second-order valence-electron chi connectivity index (χ2n) is 3.85. The minimum atomic E-state index is -1.73. The maximum Gasteiger partial charge on any atom is 0.337 e. The van der Waals surface area contributed by atoms with Crippen LogP contribution in [0.5, 0.6) is 0 Å². The molecule has 0 heterocycles. The zero-order chi connectivity index (χ0) is 14.4. The van der Waals surface area contributed by atoms with Gasteiger partial charge in [-0.3, -0.25) is 9.59 Å². The number of esters is 1. The van der Waals surface area contributed by atoms with Crippen LogP contribution < -0.4 is 0 Å². The average Bonchev–Trinajstić information content (AvgIpc) is 2.43. The number of carboxylic acid groups (broad SMARTS) is 1. The summed E-state index contributed by atoms with van der Waals surface area (Å²) in [6, 6.07) is 4.39. The number of rotatable bonds is 6. The number of carbonyl (C=O) groups excluding carboxylic acids is 2. The Balaban J connectivity index is 3.13. The number of aliphatic hydroxyl groups excluding tert-OH is 1. The number of carbonyl (C=O) groups is 3. The van der Waals surface area contributed by atoms with Gasteiger partial charge >= 0.3 is 11.9 Å². The van der Waals surface area contributed by atoms with E-state index in [4.69, 9.17) is 5.11 Å². The van der Waals surface area contributed by atoms with Crippen molar-refractivity contribution in [2.24, 2.45) is 0 Å². The molecule has 0 aliphatic carbocycles. The quantitative estimate of drug-likeness (QED) is 0.581. The average molecular weight is 266 g/mol. The first-order valence-corrected chi connectivity index (χ1v) is 5.56. The molecule has 0 aliphatic heterocycles.